The van der Waals surface area contributed by atoms with Gasteiger partial charge in [0.05, 0.1) is 41.5 Å². The minimum absolute atomic E-state index is 0.00739. The van der Waals surface area contributed by atoms with Gasteiger partial charge in [-0.05, 0) is 62.6 Å². The second kappa shape index (κ2) is 11.9. The molecule has 0 amide bonds. The van der Waals surface area contributed by atoms with E-state index in [-0.39, 0.29) is 41.9 Å². The molecule has 1 saturated heterocycles. The Bertz CT molecular complexity index is 1580. The Labute approximate surface area is 278 Å². The fraction of sp³-hybridized carbons (Fsp3) is 0.556. The molecule has 11 atom stereocenters. The van der Waals surface area contributed by atoms with Gasteiger partial charge in [0.2, 0.25) is 0 Å². The predicted octanol–water partition coefficient (Wildman–Crippen LogP) is 2.29. The Balaban J connectivity index is 1.65. The molecule has 0 aromatic heterocycles. The first-order valence-corrected chi connectivity index (χ1v) is 16.2. The first kappa shape index (κ1) is 34.5. The predicted molar refractivity (Wildman–Crippen MR) is 168 cm³/mol. The van der Waals surface area contributed by atoms with Crippen LogP contribution in [0, 0.1) is 16.7 Å². The lowest BCUT2D eigenvalue weighted by atomic mass is 9.51. The third-order valence-corrected chi connectivity index (χ3v) is 11.4. The van der Waals surface area contributed by atoms with E-state index in [1.54, 1.807) is 56.3 Å². The van der Waals surface area contributed by atoms with Gasteiger partial charge in [-0.25, -0.2) is 4.79 Å². The maximum absolute atomic E-state index is 14.1. The summed E-state index contributed by atoms with van der Waals surface area (Å²) in [6.45, 7) is 7.01. The summed E-state index contributed by atoms with van der Waals surface area (Å²) in [6, 6.07) is 14.2. The van der Waals surface area contributed by atoms with E-state index < -0.39 is 82.8 Å². The van der Waals surface area contributed by atoms with Crippen LogP contribution in [0.2, 0.25) is 0 Å². The number of esters is 2. The third-order valence-electron chi connectivity index (χ3n) is 11.4. The first-order chi connectivity index (χ1) is 22.5. The number of carbonyl (C=O) groups is 2. The van der Waals surface area contributed by atoms with Gasteiger partial charge in [0, 0.05) is 30.2 Å². The number of aromatic hydroxyl groups is 1. The summed E-state index contributed by atoms with van der Waals surface area (Å²) in [7, 11) is 0. The van der Waals surface area contributed by atoms with E-state index in [0.717, 1.165) is 0 Å². The summed E-state index contributed by atoms with van der Waals surface area (Å²) in [5.41, 5.74) is -6.03. The lowest BCUT2D eigenvalue weighted by molar-refractivity contribution is -0.286. The Hall–Kier alpha value is -3.36. The first-order valence-electron chi connectivity index (χ1n) is 16.2. The fourth-order valence-corrected chi connectivity index (χ4v) is 9.00. The highest BCUT2D eigenvalue weighted by molar-refractivity contribution is 5.89. The van der Waals surface area contributed by atoms with Crippen LogP contribution in [0.15, 0.2) is 65.7 Å². The SMILES string of the molecule is CC(=O)OC1CC(O)C2(C)C(O)C(O)C3=C(C)C(O)CC3(C(C)(C)O)C(OC(=O)c3ccccc3)C2C12COC(c1ccc(O)cc1)O2. The average Bonchev–Trinajstić information content (AvgIpc) is 3.57. The number of aliphatic hydroxyl groups is 5. The van der Waals surface area contributed by atoms with Crippen LogP contribution in [0.5, 0.6) is 5.75 Å². The zero-order valence-corrected chi connectivity index (χ0v) is 27.6. The molecular formula is C36H44O12. The number of hydrogen-bond donors (Lipinski definition) is 6. The molecule has 12 nitrogen and oxygen atoms in total. The van der Waals surface area contributed by atoms with Crippen LogP contribution in [-0.4, -0.2) is 97.0 Å². The standard InChI is InChI=1S/C36H44O12/c1-18-23(39)16-35(33(3,4)44)26(18)27(41)29(42)34(5)24(40)15-25(46-19(2)37)36(17-45-32(48-36)21-11-13-22(38)14-12-21)28(34)30(35)47-31(43)20-9-7-6-8-10-20/h6-14,23-25,27-30,32,38-42,44H,15-17H2,1-5H3. The number of phenols is 1. The molecule has 0 bridgehead atoms. The number of ether oxygens (including phenoxy) is 4. The minimum Gasteiger partial charge on any atom is -0.508 e. The van der Waals surface area contributed by atoms with E-state index in [2.05, 4.69) is 0 Å². The van der Waals surface area contributed by atoms with Gasteiger partial charge in [-0.15, -0.1) is 0 Å². The maximum Gasteiger partial charge on any atom is 0.338 e. The largest absolute Gasteiger partial charge is 0.508 e. The summed E-state index contributed by atoms with van der Waals surface area (Å²) in [6.07, 6.45) is -10.4. The molecule has 2 aromatic carbocycles. The number of fused-ring (bicyclic) bond motifs is 3. The highest BCUT2D eigenvalue weighted by Gasteiger charge is 2.77. The molecule has 6 N–H and O–H groups in total. The summed E-state index contributed by atoms with van der Waals surface area (Å²) in [5, 5.41) is 69.8. The van der Waals surface area contributed by atoms with Crippen LogP contribution in [0.3, 0.4) is 0 Å². The van der Waals surface area contributed by atoms with E-state index in [9.17, 15) is 40.2 Å². The molecule has 1 spiro atoms. The molecule has 0 radical (unpaired) electrons. The summed E-state index contributed by atoms with van der Waals surface area (Å²) in [5.74, 6) is -2.82. The topological polar surface area (TPSA) is 192 Å². The number of carbonyl (C=O) groups excluding carboxylic acids is 2. The molecule has 3 aliphatic carbocycles. The van der Waals surface area contributed by atoms with E-state index in [0.29, 0.717) is 5.56 Å². The molecular weight excluding hydrogens is 624 g/mol. The highest BCUT2D eigenvalue weighted by Crippen LogP contribution is 2.67. The van der Waals surface area contributed by atoms with Crippen LogP contribution >= 0.6 is 0 Å². The average molecular weight is 669 g/mol. The third kappa shape index (κ3) is 5.00. The Kier molecular flexibility index (Phi) is 8.56. The van der Waals surface area contributed by atoms with Crippen molar-refractivity contribution in [2.24, 2.45) is 16.7 Å². The molecule has 12 heteroatoms. The summed E-state index contributed by atoms with van der Waals surface area (Å²) < 4.78 is 25.4. The van der Waals surface area contributed by atoms with Crippen molar-refractivity contribution in [3.63, 3.8) is 0 Å². The van der Waals surface area contributed by atoms with Crippen molar-refractivity contribution in [3.05, 3.63) is 76.9 Å². The lowest BCUT2D eigenvalue weighted by Gasteiger charge is -2.60. The molecule has 260 valence electrons. The Morgan fingerprint density at radius 3 is 2.23 bits per heavy atom. The summed E-state index contributed by atoms with van der Waals surface area (Å²) >= 11 is 0. The zero-order valence-electron chi connectivity index (χ0n) is 27.6. The van der Waals surface area contributed by atoms with Gasteiger partial charge in [0.25, 0.3) is 0 Å². The fourth-order valence-electron chi connectivity index (χ4n) is 9.00. The second-order valence-electron chi connectivity index (χ2n) is 14.4. The number of rotatable bonds is 5. The van der Waals surface area contributed by atoms with Gasteiger partial charge in [-0.1, -0.05) is 37.3 Å². The normalized spacial score (nSPS) is 39.5. The van der Waals surface area contributed by atoms with Crippen LogP contribution in [0.4, 0.5) is 0 Å². The smallest absolute Gasteiger partial charge is 0.338 e. The van der Waals surface area contributed by atoms with Crippen molar-refractivity contribution in [1.82, 2.24) is 0 Å². The number of aliphatic hydroxyl groups excluding tert-OH is 4. The van der Waals surface area contributed by atoms with Gasteiger partial charge < -0.3 is 49.6 Å². The second-order valence-corrected chi connectivity index (χ2v) is 14.4. The molecule has 2 saturated carbocycles. The maximum atomic E-state index is 14.1. The van der Waals surface area contributed by atoms with Gasteiger partial charge >= 0.3 is 11.9 Å². The van der Waals surface area contributed by atoms with Crippen LogP contribution in [-0.2, 0) is 23.7 Å². The van der Waals surface area contributed by atoms with Crippen molar-refractivity contribution >= 4 is 11.9 Å². The zero-order chi connectivity index (χ0) is 35.0. The van der Waals surface area contributed by atoms with E-state index in [1.165, 1.54) is 32.9 Å². The van der Waals surface area contributed by atoms with Crippen molar-refractivity contribution < 1.29 is 59.2 Å². The quantitative estimate of drug-likeness (QED) is 0.202. The molecule has 2 aromatic rings. The number of benzene rings is 2. The molecule has 4 aliphatic rings. The monoisotopic (exact) mass is 668 g/mol. The van der Waals surface area contributed by atoms with Gasteiger partial charge in [-0.3, -0.25) is 4.79 Å². The van der Waals surface area contributed by atoms with Gasteiger partial charge in [0.1, 0.15) is 29.7 Å². The molecule has 1 heterocycles. The van der Waals surface area contributed by atoms with Crippen LogP contribution < -0.4 is 0 Å². The number of hydrogen-bond acceptors (Lipinski definition) is 12. The van der Waals surface area contributed by atoms with Gasteiger partial charge in [0.15, 0.2) is 6.29 Å². The lowest BCUT2D eigenvalue weighted by Crippen LogP contribution is -2.73. The van der Waals surface area contributed by atoms with Gasteiger partial charge in [-0.2, -0.15) is 0 Å². The minimum atomic E-state index is -1.83. The molecule has 3 fully saturated rings. The highest BCUT2D eigenvalue weighted by atomic mass is 16.7. The van der Waals surface area contributed by atoms with E-state index in [4.69, 9.17) is 18.9 Å². The number of phenolic OH excluding ortho intramolecular Hbond substituents is 1. The van der Waals surface area contributed by atoms with Crippen molar-refractivity contribution in [3.8, 4) is 5.75 Å². The summed E-state index contributed by atoms with van der Waals surface area (Å²) in [4.78, 5) is 26.7. The van der Waals surface area contributed by atoms with Crippen molar-refractivity contribution in [1.29, 1.82) is 0 Å². The molecule has 48 heavy (non-hydrogen) atoms. The molecule has 6 rings (SSSR count). The van der Waals surface area contributed by atoms with Crippen LogP contribution in [0.1, 0.15) is 69.7 Å². The van der Waals surface area contributed by atoms with Crippen molar-refractivity contribution in [2.45, 2.75) is 102 Å². The van der Waals surface area contributed by atoms with E-state index in [1.807, 2.05) is 0 Å². The molecule has 11 unspecified atom stereocenters. The van der Waals surface area contributed by atoms with Crippen molar-refractivity contribution in [2.75, 3.05) is 6.61 Å². The Morgan fingerprint density at radius 1 is 0.979 bits per heavy atom. The Morgan fingerprint density at radius 2 is 1.62 bits per heavy atom. The van der Waals surface area contributed by atoms with E-state index >= 15 is 0 Å². The molecule has 1 aliphatic heterocycles. The van der Waals surface area contributed by atoms with Crippen LogP contribution in [0.25, 0.3) is 0 Å².